The number of anilines is 1. The summed E-state index contributed by atoms with van der Waals surface area (Å²) in [5.74, 6) is -1.38. The van der Waals surface area contributed by atoms with Crippen molar-refractivity contribution in [2.45, 2.75) is 13.3 Å². The number of aromatic nitrogens is 1. The summed E-state index contributed by atoms with van der Waals surface area (Å²) in [5.41, 5.74) is 0.997. The highest BCUT2D eigenvalue weighted by molar-refractivity contribution is 9.10. The first-order valence-electron chi connectivity index (χ1n) is 5.69. The molecule has 0 radical (unpaired) electrons. The number of aromatic carboxylic acids is 1. The van der Waals surface area contributed by atoms with Crippen molar-refractivity contribution in [2.24, 2.45) is 0 Å². The summed E-state index contributed by atoms with van der Waals surface area (Å²) in [6.07, 6.45) is 0.121. The summed E-state index contributed by atoms with van der Waals surface area (Å²) < 4.78 is 0.697. The smallest absolute Gasteiger partial charge is 0.337 e. The van der Waals surface area contributed by atoms with Gasteiger partial charge in [-0.1, -0.05) is 15.9 Å². The van der Waals surface area contributed by atoms with Gasteiger partial charge in [0, 0.05) is 9.85 Å². The summed E-state index contributed by atoms with van der Waals surface area (Å²) in [7, 11) is 0. The van der Waals surface area contributed by atoms with Gasteiger partial charge in [-0.15, -0.1) is 11.3 Å². The van der Waals surface area contributed by atoms with Crippen LogP contribution in [-0.2, 0) is 11.2 Å². The molecule has 0 fully saturated rings. The van der Waals surface area contributed by atoms with E-state index in [0.717, 1.165) is 5.01 Å². The highest BCUT2D eigenvalue weighted by Crippen LogP contribution is 2.22. The van der Waals surface area contributed by atoms with Gasteiger partial charge < -0.3 is 10.4 Å². The number of halogens is 1. The Balaban J connectivity index is 2.15. The first kappa shape index (κ1) is 14.7. The highest BCUT2D eigenvalue weighted by atomic mass is 79.9. The van der Waals surface area contributed by atoms with E-state index in [0.29, 0.717) is 10.2 Å². The molecule has 0 bridgehead atoms. The third-order valence-electron chi connectivity index (χ3n) is 2.49. The predicted octanol–water partition coefficient (Wildman–Crippen LogP) is 3.09. The van der Waals surface area contributed by atoms with Crippen molar-refractivity contribution in [3.63, 3.8) is 0 Å². The Morgan fingerprint density at radius 3 is 2.80 bits per heavy atom. The van der Waals surface area contributed by atoms with Gasteiger partial charge in [0.05, 0.1) is 28.4 Å². The quantitative estimate of drug-likeness (QED) is 0.883. The molecule has 2 N–H and O–H groups in total. The fourth-order valence-corrected chi connectivity index (χ4v) is 2.63. The van der Waals surface area contributed by atoms with Crippen LogP contribution in [0.3, 0.4) is 0 Å². The lowest BCUT2D eigenvalue weighted by atomic mass is 10.1. The summed E-state index contributed by atoms with van der Waals surface area (Å²) >= 11 is 4.72. The maximum absolute atomic E-state index is 11.9. The van der Waals surface area contributed by atoms with Crippen LogP contribution in [0.25, 0.3) is 0 Å². The Bertz CT molecular complexity index is 669. The lowest BCUT2D eigenvalue weighted by Gasteiger charge is -2.08. The largest absolute Gasteiger partial charge is 0.478 e. The summed E-state index contributed by atoms with van der Waals surface area (Å²) in [6.45, 7) is 1.86. The van der Waals surface area contributed by atoms with Gasteiger partial charge in [-0.2, -0.15) is 0 Å². The SMILES string of the molecule is Cc1nc(CC(=O)Nc2cc(Br)ccc2C(=O)O)cs1. The minimum Gasteiger partial charge on any atom is -0.478 e. The number of aryl methyl sites for hydroxylation is 1. The number of hydrogen-bond acceptors (Lipinski definition) is 4. The second-order valence-corrected chi connectivity index (χ2v) is 6.06. The monoisotopic (exact) mass is 354 g/mol. The minimum atomic E-state index is -1.09. The van der Waals surface area contributed by atoms with Gasteiger partial charge >= 0.3 is 5.97 Å². The van der Waals surface area contributed by atoms with E-state index in [4.69, 9.17) is 5.11 Å². The van der Waals surface area contributed by atoms with Crippen molar-refractivity contribution < 1.29 is 14.7 Å². The van der Waals surface area contributed by atoms with Crippen molar-refractivity contribution in [1.29, 1.82) is 0 Å². The zero-order chi connectivity index (χ0) is 14.7. The van der Waals surface area contributed by atoms with Crippen LogP contribution < -0.4 is 5.32 Å². The molecule has 7 heteroatoms. The average Bonchev–Trinajstić information content (AvgIpc) is 2.74. The molecule has 5 nitrogen and oxygen atoms in total. The molecular weight excluding hydrogens is 344 g/mol. The van der Waals surface area contributed by atoms with Gasteiger partial charge in [0.15, 0.2) is 0 Å². The van der Waals surface area contributed by atoms with Gasteiger partial charge in [-0.25, -0.2) is 9.78 Å². The number of nitrogens with zero attached hydrogens (tertiary/aromatic N) is 1. The molecule has 1 amide bonds. The van der Waals surface area contributed by atoms with Crippen molar-refractivity contribution in [3.05, 3.63) is 44.3 Å². The Morgan fingerprint density at radius 1 is 1.45 bits per heavy atom. The van der Waals surface area contributed by atoms with Crippen LogP contribution >= 0.6 is 27.3 Å². The van der Waals surface area contributed by atoms with Crippen LogP contribution in [0.5, 0.6) is 0 Å². The minimum absolute atomic E-state index is 0.0519. The molecule has 0 unspecified atom stereocenters. The Morgan fingerprint density at radius 2 is 2.20 bits per heavy atom. The zero-order valence-electron chi connectivity index (χ0n) is 10.5. The third-order valence-corrected chi connectivity index (χ3v) is 3.81. The van der Waals surface area contributed by atoms with E-state index in [1.165, 1.54) is 17.4 Å². The van der Waals surface area contributed by atoms with Gasteiger partial charge in [0.1, 0.15) is 0 Å². The molecule has 0 saturated heterocycles. The number of carbonyl (C=O) groups is 2. The molecule has 1 heterocycles. The molecule has 0 aliphatic heterocycles. The van der Waals surface area contributed by atoms with Gasteiger partial charge in [0.2, 0.25) is 5.91 Å². The number of hydrogen-bond donors (Lipinski definition) is 2. The topological polar surface area (TPSA) is 79.3 Å². The third kappa shape index (κ3) is 3.64. The predicted molar refractivity (Wildman–Crippen MR) is 80.3 cm³/mol. The summed E-state index contributed by atoms with van der Waals surface area (Å²) in [5, 5.41) is 14.4. The van der Waals surface area contributed by atoms with E-state index >= 15 is 0 Å². The van der Waals surface area contributed by atoms with E-state index < -0.39 is 5.97 Å². The second-order valence-electron chi connectivity index (χ2n) is 4.08. The van der Waals surface area contributed by atoms with E-state index in [-0.39, 0.29) is 23.6 Å². The maximum atomic E-state index is 11.9. The first-order chi connectivity index (χ1) is 9.45. The number of nitrogens with one attached hydrogen (secondary N) is 1. The van der Waals surface area contributed by atoms with Crippen molar-refractivity contribution in [2.75, 3.05) is 5.32 Å². The molecule has 2 aromatic rings. The molecular formula is C13H11BrN2O3S. The molecule has 0 aliphatic rings. The highest BCUT2D eigenvalue weighted by Gasteiger charge is 2.14. The van der Waals surface area contributed by atoms with E-state index in [1.807, 2.05) is 12.3 Å². The lowest BCUT2D eigenvalue weighted by Crippen LogP contribution is -2.17. The number of benzene rings is 1. The average molecular weight is 355 g/mol. The first-order valence-corrected chi connectivity index (χ1v) is 7.36. The van der Waals surface area contributed by atoms with Crippen molar-refractivity contribution in [1.82, 2.24) is 4.98 Å². The van der Waals surface area contributed by atoms with Crippen LogP contribution in [-0.4, -0.2) is 22.0 Å². The fraction of sp³-hybridized carbons (Fsp3) is 0.154. The maximum Gasteiger partial charge on any atom is 0.337 e. The molecule has 0 aliphatic carbocycles. The van der Waals surface area contributed by atoms with E-state index in [9.17, 15) is 9.59 Å². The Labute approximate surface area is 127 Å². The van der Waals surface area contributed by atoms with Crippen LogP contribution in [0.2, 0.25) is 0 Å². The van der Waals surface area contributed by atoms with E-state index in [1.54, 1.807) is 12.1 Å². The number of thiazole rings is 1. The molecule has 20 heavy (non-hydrogen) atoms. The number of carbonyl (C=O) groups excluding carboxylic acids is 1. The summed E-state index contributed by atoms with van der Waals surface area (Å²) in [4.78, 5) is 27.2. The zero-order valence-corrected chi connectivity index (χ0v) is 12.9. The van der Waals surface area contributed by atoms with Crippen molar-refractivity contribution >= 4 is 44.8 Å². The van der Waals surface area contributed by atoms with Crippen LogP contribution in [0.4, 0.5) is 5.69 Å². The number of carboxylic acid groups (broad SMARTS) is 1. The molecule has 0 spiro atoms. The number of rotatable bonds is 4. The number of carboxylic acids is 1. The van der Waals surface area contributed by atoms with Crippen molar-refractivity contribution in [3.8, 4) is 0 Å². The van der Waals surface area contributed by atoms with Crippen LogP contribution in [0, 0.1) is 6.92 Å². The standard InChI is InChI=1S/C13H11BrN2O3S/c1-7-15-9(6-20-7)5-12(17)16-11-4-8(14)2-3-10(11)13(18)19/h2-4,6H,5H2,1H3,(H,16,17)(H,18,19). The molecule has 1 aromatic heterocycles. The molecule has 0 atom stereocenters. The fourth-order valence-electron chi connectivity index (χ4n) is 1.65. The summed E-state index contributed by atoms with van der Waals surface area (Å²) in [6, 6.07) is 4.62. The molecule has 0 saturated carbocycles. The molecule has 1 aromatic carbocycles. The van der Waals surface area contributed by atoms with Crippen LogP contribution in [0.15, 0.2) is 28.1 Å². The van der Waals surface area contributed by atoms with Gasteiger partial charge in [0.25, 0.3) is 0 Å². The van der Waals surface area contributed by atoms with Gasteiger partial charge in [-0.3, -0.25) is 4.79 Å². The lowest BCUT2D eigenvalue weighted by molar-refractivity contribution is -0.115. The molecule has 2 rings (SSSR count). The Hall–Kier alpha value is -1.73. The normalized spacial score (nSPS) is 10.3. The number of amides is 1. The second kappa shape index (κ2) is 6.15. The van der Waals surface area contributed by atoms with Crippen LogP contribution in [0.1, 0.15) is 21.1 Å². The van der Waals surface area contributed by atoms with Gasteiger partial charge in [-0.05, 0) is 25.1 Å². The Kier molecular flexibility index (Phi) is 4.51. The van der Waals surface area contributed by atoms with E-state index in [2.05, 4.69) is 26.2 Å². The molecule has 104 valence electrons.